The van der Waals surface area contributed by atoms with E-state index < -0.39 is 5.54 Å². The van der Waals surface area contributed by atoms with E-state index >= 15 is 0 Å². The maximum atomic E-state index is 13.7. The van der Waals surface area contributed by atoms with Crippen molar-refractivity contribution in [2.24, 2.45) is 5.73 Å². The minimum atomic E-state index is -0.456. The van der Waals surface area contributed by atoms with Gasteiger partial charge in [0.2, 0.25) is 0 Å². The van der Waals surface area contributed by atoms with E-state index in [1.165, 1.54) is 17.8 Å². The standard InChI is InChI=1S/C20H25FN2.C4H8.C2H5N/c1-15(2)22-16(3)23-20(4,14-17-9-6-5-7-10-17)18-11-8-12-19(21)13-18;1-3-4-2;1-2-3/h5-13,15,22-23H,3,14H2,1-2,4H3;3-4H,1-2H3;2H,1,3H2/b;4-3-;. The summed E-state index contributed by atoms with van der Waals surface area (Å²) in [6.45, 7) is 17.4. The Balaban J connectivity index is 0.00000105. The monoisotopic (exact) mass is 411 g/mol. The molecule has 0 spiro atoms. The molecule has 0 aliphatic carbocycles. The molecule has 0 heterocycles. The molecule has 0 aromatic heterocycles. The second kappa shape index (κ2) is 14.9. The SMILES string of the molecule is C/C=C\C.C=C(NC(C)C)NC(C)(Cc1ccccc1)c1cccc(F)c1.C=CN. The van der Waals surface area contributed by atoms with Crippen molar-refractivity contribution in [3.05, 3.63) is 109 Å². The Hall–Kier alpha value is -3.01. The molecule has 2 rings (SSSR count). The van der Waals surface area contributed by atoms with Crippen LogP contribution >= 0.6 is 0 Å². The lowest BCUT2D eigenvalue weighted by atomic mass is 9.85. The molecule has 2 aromatic rings. The van der Waals surface area contributed by atoms with Crippen molar-refractivity contribution in [3.8, 4) is 0 Å². The van der Waals surface area contributed by atoms with Crippen LogP contribution in [-0.4, -0.2) is 6.04 Å². The zero-order chi connectivity index (χ0) is 23.0. The summed E-state index contributed by atoms with van der Waals surface area (Å²) < 4.78 is 13.7. The van der Waals surface area contributed by atoms with Gasteiger partial charge in [0.1, 0.15) is 5.82 Å². The van der Waals surface area contributed by atoms with Gasteiger partial charge >= 0.3 is 0 Å². The van der Waals surface area contributed by atoms with Gasteiger partial charge in [-0.15, -0.1) is 0 Å². The van der Waals surface area contributed by atoms with Gasteiger partial charge in [0.25, 0.3) is 0 Å². The van der Waals surface area contributed by atoms with Gasteiger partial charge < -0.3 is 16.4 Å². The average Bonchev–Trinajstić information content (AvgIpc) is 2.69. The van der Waals surface area contributed by atoms with E-state index in [4.69, 9.17) is 0 Å². The summed E-state index contributed by atoms with van der Waals surface area (Å²) in [5.41, 5.74) is 6.24. The van der Waals surface area contributed by atoms with Gasteiger partial charge in [-0.1, -0.05) is 67.8 Å². The van der Waals surface area contributed by atoms with Gasteiger partial charge in [-0.25, -0.2) is 4.39 Å². The highest BCUT2D eigenvalue weighted by Crippen LogP contribution is 2.27. The van der Waals surface area contributed by atoms with E-state index in [9.17, 15) is 4.39 Å². The predicted molar refractivity (Wildman–Crippen MR) is 129 cm³/mol. The van der Waals surface area contributed by atoms with Crippen molar-refractivity contribution in [2.45, 2.75) is 52.6 Å². The van der Waals surface area contributed by atoms with Gasteiger partial charge in [0, 0.05) is 6.04 Å². The van der Waals surface area contributed by atoms with E-state index in [1.807, 2.05) is 50.3 Å². The molecule has 0 bridgehead atoms. The fourth-order valence-corrected chi connectivity index (χ4v) is 2.77. The molecule has 0 aliphatic heterocycles. The minimum absolute atomic E-state index is 0.231. The lowest BCUT2D eigenvalue weighted by Gasteiger charge is -2.34. The largest absolute Gasteiger partial charge is 0.405 e. The van der Waals surface area contributed by atoms with Crippen LogP contribution in [0.1, 0.15) is 45.7 Å². The van der Waals surface area contributed by atoms with Crippen LogP contribution in [0.15, 0.2) is 91.9 Å². The second-order valence-corrected chi connectivity index (χ2v) is 7.31. The maximum Gasteiger partial charge on any atom is 0.123 e. The van der Waals surface area contributed by atoms with E-state index in [-0.39, 0.29) is 11.9 Å². The van der Waals surface area contributed by atoms with Gasteiger partial charge in [-0.05, 0) is 70.5 Å². The number of hydrogen-bond acceptors (Lipinski definition) is 3. The molecule has 3 nitrogen and oxygen atoms in total. The van der Waals surface area contributed by atoms with Crippen LogP contribution < -0.4 is 16.4 Å². The van der Waals surface area contributed by atoms with Crippen molar-refractivity contribution in [2.75, 3.05) is 0 Å². The summed E-state index contributed by atoms with van der Waals surface area (Å²) in [7, 11) is 0. The summed E-state index contributed by atoms with van der Waals surface area (Å²) in [6.07, 6.45) is 5.98. The molecule has 0 saturated heterocycles. The summed E-state index contributed by atoms with van der Waals surface area (Å²) >= 11 is 0. The number of nitrogens with two attached hydrogens (primary N) is 1. The molecule has 1 atom stereocenters. The highest BCUT2D eigenvalue weighted by Gasteiger charge is 2.28. The molecule has 4 N–H and O–H groups in total. The molecule has 1 unspecified atom stereocenters. The number of nitrogens with one attached hydrogen (secondary N) is 2. The quantitative estimate of drug-likeness (QED) is 0.489. The highest BCUT2D eigenvalue weighted by molar-refractivity contribution is 5.30. The first kappa shape index (κ1) is 27.0. The Morgan fingerprint density at radius 2 is 1.67 bits per heavy atom. The number of allylic oxidation sites excluding steroid dienone is 2. The van der Waals surface area contributed by atoms with E-state index in [0.29, 0.717) is 0 Å². The molecule has 0 aliphatic rings. The van der Waals surface area contributed by atoms with Crippen LogP contribution in [0, 0.1) is 5.82 Å². The van der Waals surface area contributed by atoms with Crippen LogP contribution in [0.3, 0.4) is 0 Å². The zero-order valence-corrected chi connectivity index (χ0v) is 19.1. The average molecular weight is 412 g/mol. The normalized spacial score (nSPS) is 12.0. The fourth-order valence-electron chi connectivity index (χ4n) is 2.77. The van der Waals surface area contributed by atoms with Crippen LogP contribution in [0.4, 0.5) is 4.39 Å². The topological polar surface area (TPSA) is 50.1 Å². The first-order valence-corrected chi connectivity index (χ1v) is 10.2. The Morgan fingerprint density at radius 3 is 2.13 bits per heavy atom. The van der Waals surface area contributed by atoms with E-state index in [1.54, 1.807) is 12.1 Å². The fraction of sp³-hybridized carbons (Fsp3) is 0.308. The molecule has 4 heteroatoms. The first-order chi connectivity index (χ1) is 14.2. The molecular formula is C26H38FN3. The predicted octanol–water partition coefficient (Wildman–Crippen LogP) is 6.01. The van der Waals surface area contributed by atoms with Crippen molar-refractivity contribution >= 4 is 0 Å². The van der Waals surface area contributed by atoms with Gasteiger partial charge in [-0.2, -0.15) is 0 Å². The van der Waals surface area contributed by atoms with Crippen LogP contribution in [0.5, 0.6) is 0 Å². The van der Waals surface area contributed by atoms with Crippen LogP contribution in [0.2, 0.25) is 0 Å². The lowest BCUT2D eigenvalue weighted by molar-refractivity contribution is 0.380. The summed E-state index contributed by atoms with van der Waals surface area (Å²) in [4.78, 5) is 0. The summed E-state index contributed by atoms with van der Waals surface area (Å²) in [5.74, 6) is 0.508. The third-order valence-electron chi connectivity index (χ3n) is 4.09. The molecule has 164 valence electrons. The highest BCUT2D eigenvalue weighted by atomic mass is 19.1. The number of rotatable bonds is 7. The van der Waals surface area contributed by atoms with E-state index in [2.05, 4.69) is 62.4 Å². The Morgan fingerprint density at radius 1 is 1.10 bits per heavy atom. The van der Waals surface area contributed by atoms with Crippen molar-refractivity contribution in [1.82, 2.24) is 10.6 Å². The minimum Gasteiger partial charge on any atom is -0.405 e. The Bertz CT molecular complexity index is 765. The van der Waals surface area contributed by atoms with Crippen molar-refractivity contribution < 1.29 is 4.39 Å². The Kier molecular flexibility index (Phi) is 13.4. The van der Waals surface area contributed by atoms with Crippen LogP contribution in [-0.2, 0) is 12.0 Å². The third kappa shape index (κ3) is 11.1. The molecule has 0 fully saturated rings. The summed E-state index contributed by atoms with van der Waals surface area (Å²) in [5, 5.41) is 6.71. The smallest absolute Gasteiger partial charge is 0.123 e. The maximum absolute atomic E-state index is 13.7. The van der Waals surface area contributed by atoms with Gasteiger partial charge in [0.15, 0.2) is 0 Å². The van der Waals surface area contributed by atoms with E-state index in [0.717, 1.165) is 17.8 Å². The number of halogens is 1. The molecular weight excluding hydrogens is 373 g/mol. The third-order valence-corrected chi connectivity index (χ3v) is 4.09. The Labute approximate surface area is 182 Å². The molecule has 2 aromatic carbocycles. The van der Waals surface area contributed by atoms with Crippen molar-refractivity contribution in [3.63, 3.8) is 0 Å². The molecule has 0 amide bonds. The van der Waals surface area contributed by atoms with Crippen molar-refractivity contribution in [1.29, 1.82) is 0 Å². The molecule has 0 saturated carbocycles. The van der Waals surface area contributed by atoms with Gasteiger partial charge in [0.05, 0.1) is 11.4 Å². The molecule has 30 heavy (non-hydrogen) atoms. The first-order valence-electron chi connectivity index (χ1n) is 10.2. The lowest BCUT2D eigenvalue weighted by Crippen LogP contribution is -2.45. The number of benzene rings is 2. The molecule has 0 radical (unpaired) electrons. The number of hydrogen-bond donors (Lipinski definition) is 3. The zero-order valence-electron chi connectivity index (χ0n) is 19.1. The van der Waals surface area contributed by atoms with Gasteiger partial charge in [-0.3, -0.25) is 0 Å². The second-order valence-electron chi connectivity index (χ2n) is 7.31. The summed E-state index contributed by atoms with van der Waals surface area (Å²) in [6, 6.07) is 17.2. The van der Waals surface area contributed by atoms with Crippen LogP contribution in [0.25, 0.3) is 0 Å².